The molecule has 28 heavy (non-hydrogen) atoms. The topological polar surface area (TPSA) is 65.0 Å². The highest BCUT2D eigenvalue weighted by Crippen LogP contribution is 2.10. The molecule has 5 nitrogen and oxygen atoms in total. The maximum absolute atomic E-state index is 10.8. The van der Waals surface area contributed by atoms with Crippen LogP contribution in [-0.4, -0.2) is 37.0 Å². The fourth-order valence-corrected chi connectivity index (χ4v) is 2.95. The minimum absolute atomic E-state index is 0.0580. The van der Waals surface area contributed by atoms with E-state index in [9.17, 15) is 4.79 Å². The van der Waals surface area contributed by atoms with E-state index in [1.807, 2.05) is 0 Å². The van der Waals surface area contributed by atoms with Gasteiger partial charge in [-0.2, -0.15) is 0 Å². The summed E-state index contributed by atoms with van der Waals surface area (Å²) in [4.78, 5) is 20.8. The molecule has 0 spiro atoms. The molecule has 0 amide bonds. The predicted molar refractivity (Wildman–Crippen MR) is 114 cm³/mol. The molecule has 0 bridgehead atoms. The van der Waals surface area contributed by atoms with E-state index in [-0.39, 0.29) is 13.2 Å². The Kier molecular flexibility index (Phi) is 21.7. The van der Waals surface area contributed by atoms with Gasteiger partial charge in [-0.25, -0.2) is 9.78 Å². The number of hydrogen-bond acceptors (Lipinski definition) is 5. The Hall–Kier alpha value is -0.910. The SMILES string of the molecule is CCCCCCCCC=CCCCCCCCCOOCC(CO)OC(C)=O. The molecule has 1 unspecified atom stereocenters. The molecular formula is C23H44O5. The Bertz CT molecular complexity index is 357. The standard InChI is InChI=1S/C23H44O5/c1-3-4-5-6-7-8-9-10-11-12-13-14-15-16-17-18-19-26-27-21-23(20-24)28-22(2)25/h10-11,23-24H,3-9,12-21H2,1-2H3. The van der Waals surface area contributed by atoms with Crippen molar-refractivity contribution in [3.63, 3.8) is 0 Å². The first-order valence-electron chi connectivity index (χ1n) is 11.4. The molecule has 0 fully saturated rings. The van der Waals surface area contributed by atoms with Gasteiger partial charge >= 0.3 is 5.97 Å². The fourth-order valence-electron chi connectivity index (χ4n) is 2.95. The number of rotatable bonds is 21. The maximum atomic E-state index is 10.8. The van der Waals surface area contributed by atoms with Crippen LogP contribution >= 0.6 is 0 Å². The van der Waals surface area contributed by atoms with Crippen LogP contribution in [0.5, 0.6) is 0 Å². The van der Waals surface area contributed by atoms with Crippen molar-refractivity contribution in [2.75, 3.05) is 19.8 Å². The summed E-state index contributed by atoms with van der Waals surface area (Å²) in [6.07, 6.45) is 21.9. The number of aliphatic hydroxyl groups is 1. The molecule has 0 rings (SSSR count). The van der Waals surface area contributed by atoms with Gasteiger partial charge in [0.2, 0.25) is 0 Å². The second-order valence-corrected chi connectivity index (χ2v) is 7.46. The van der Waals surface area contributed by atoms with Crippen molar-refractivity contribution in [3.8, 4) is 0 Å². The van der Waals surface area contributed by atoms with Gasteiger partial charge in [-0.3, -0.25) is 4.79 Å². The lowest BCUT2D eigenvalue weighted by Crippen LogP contribution is -2.26. The summed E-state index contributed by atoms with van der Waals surface area (Å²) in [5.74, 6) is -0.434. The molecule has 0 aliphatic carbocycles. The molecule has 1 atom stereocenters. The Balaban J connectivity index is 3.21. The number of unbranched alkanes of at least 4 members (excludes halogenated alkanes) is 12. The molecule has 0 saturated heterocycles. The highest BCUT2D eigenvalue weighted by atomic mass is 17.2. The Morgan fingerprint density at radius 2 is 1.36 bits per heavy atom. The number of carbonyl (C=O) groups excluding carboxylic acids is 1. The normalized spacial score (nSPS) is 12.5. The number of ether oxygens (including phenoxy) is 1. The fraction of sp³-hybridized carbons (Fsp3) is 0.870. The largest absolute Gasteiger partial charge is 0.458 e. The number of allylic oxidation sites excluding steroid dienone is 2. The molecular weight excluding hydrogens is 356 g/mol. The van der Waals surface area contributed by atoms with Gasteiger partial charge in [0.1, 0.15) is 6.61 Å². The summed E-state index contributed by atoms with van der Waals surface area (Å²) in [7, 11) is 0. The third kappa shape index (κ3) is 21.4. The first-order chi connectivity index (χ1) is 13.7. The van der Waals surface area contributed by atoms with E-state index >= 15 is 0 Å². The van der Waals surface area contributed by atoms with Gasteiger partial charge < -0.3 is 9.84 Å². The molecule has 166 valence electrons. The summed E-state index contributed by atoms with van der Waals surface area (Å²) in [6, 6.07) is 0. The van der Waals surface area contributed by atoms with Crippen molar-refractivity contribution < 1.29 is 24.4 Å². The molecule has 0 saturated carbocycles. The number of aliphatic hydroxyl groups excluding tert-OH is 1. The Morgan fingerprint density at radius 1 is 0.821 bits per heavy atom. The average Bonchev–Trinajstić information content (AvgIpc) is 2.68. The third-order valence-electron chi connectivity index (χ3n) is 4.61. The van der Waals surface area contributed by atoms with Crippen molar-refractivity contribution in [1.29, 1.82) is 0 Å². The van der Waals surface area contributed by atoms with E-state index in [4.69, 9.17) is 19.6 Å². The summed E-state index contributed by atoms with van der Waals surface area (Å²) < 4.78 is 4.84. The molecule has 0 aliphatic heterocycles. The highest BCUT2D eigenvalue weighted by Gasteiger charge is 2.11. The molecule has 5 heteroatoms. The highest BCUT2D eigenvalue weighted by molar-refractivity contribution is 5.66. The Morgan fingerprint density at radius 3 is 1.89 bits per heavy atom. The lowest BCUT2D eigenvalue weighted by molar-refractivity contribution is -0.307. The monoisotopic (exact) mass is 400 g/mol. The maximum Gasteiger partial charge on any atom is 0.303 e. The van der Waals surface area contributed by atoms with Gasteiger partial charge in [0.05, 0.1) is 13.2 Å². The van der Waals surface area contributed by atoms with Gasteiger partial charge in [0.25, 0.3) is 0 Å². The zero-order chi connectivity index (χ0) is 20.7. The smallest absolute Gasteiger partial charge is 0.303 e. The van der Waals surface area contributed by atoms with E-state index in [2.05, 4.69) is 19.1 Å². The third-order valence-corrected chi connectivity index (χ3v) is 4.61. The quantitative estimate of drug-likeness (QED) is 0.0854. The van der Waals surface area contributed by atoms with Crippen LogP contribution in [0.25, 0.3) is 0 Å². The van der Waals surface area contributed by atoms with Gasteiger partial charge in [-0.1, -0.05) is 76.9 Å². The lowest BCUT2D eigenvalue weighted by Gasteiger charge is -2.13. The van der Waals surface area contributed by atoms with Crippen LogP contribution in [0.3, 0.4) is 0 Å². The van der Waals surface area contributed by atoms with Crippen LogP contribution in [0.4, 0.5) is 0 Å². The van der Waals surface area contributed by atoms with Crippen LogP contribution < -0.4 is 0 Å². The number of carbonyl (C=O) groups is 1. The van der Waals surface area contributed by atoms with Gasteiger partial charge in [0.15, 0.2) is 6.10 Å². The molecule has 0 radical (unpaired) electrons. The first kappa shape index (κ1) is 27.1. The zero-order valence-electron chi connectivity index (χ0n) is 18.3. The van der Waals surface area contributed by atoms with Crippen LogP contribution in [0.15, 0.2) is 12.2 Å². The van der Waals surface area contributed by atoms with E-state index in [0.717, 1.165) is 12.8 Å². The molecule has 1 N–H and O–H groups in total. The Labute approximate surface area is 172 Å². The molecule has 0 aromatic heterocycles. The van der Waals surface area contributed by atoms with Crippen LogP contribution in [0.2, 0.25) is 0 Å². The van der Waals surface area contributed by atoms with Crippen LogP contribution in [0, 0.1) is 0 Å². The second kappa shape index (κ2) is 22.4. The average molecular weight is 401 g/mol. The molecule has 0 aromatic rings. The van der Waals surface area contributed by atoms with Crippen molar-refractivity contribution in [1.82, 2.24) is 0 Å². The summed E-state index contributed by atoms with van der Waals surface area (Å²) >= 11 is 0. The molecule has 0 aliphatic rings. The first-order valence-corrected chi connectivity index (χ1v) is 11.4. The molecule has 0 heterocycles. The van der Waals surface area contributed by atoms with E-state index in [1.165, 1.54) is 84.0 Å². The van der Waals surface area contributed by atoms with E-state index in [0.29, 0.717) is 6.61 Å². The second-order valence-electron chi connectivity index (χ2n) is 7.46. The van der Waals surface area contributed by atoms with E-state index in [1.54, 1.807) is 0 Å². The number of esters is 1. The number of hydrogen-bond donors (Lipinski definition) is 1. The van der Waals surface area contributed by atoms with Crippen LogP contribution in [-0.2, 0) is 19.3 Å². The lowest BCUT2D eigenvalue weighted by atomic mass is 10.1. The molecule has 0 aromatic carbocycles. The zero-order valence-corrected chi connectivity index (χ0v) is 18.3. The van der Waals surface area contributed by atoms with Gasteiger partial charge in [-0.05, 0) is 32.1 Å². The van der Waals surface area contributed by atoms with Crippen molar-refractivity contribution >= 4 is 5.97 Å². The van der Waals surface area contributed by atoms with Gasteiger partial charge in [-0.15, -0.1) is 0 Å². The summed E-state index contributed by atoms with van der Waals surface area (Å²) in [5.41, 5.74) is 0. The minimum atomic E-state index is -0.655. The van der Waals surface area contributed by atoms with Crippen molar-refractivity contribution in [2.24, 2.45) is 0 Å². The predicted octanol–water partition coefficient (Wildman–Crippen LogP) is 5.90. The minimum Gasteiger partial charge on any atom is -0.458 e. The van der Waals surface area contributed by atoms with Crippen molar-refractivity contribution in [3.05, 3.63) is 12.2 Å². The summed E-state index contributed by atoms with van der Waals surface area (Å²) in [6.45, 7) is 3.88. The summed E-state index contributed by atoms with van der Waals surface area (Å²) in [5, 5.41) is 9.01. The van der Waals surface area contributed by atoms with E-state index < -0.39 is 12.1 Å². The van der Waals surface area contributed by atoms with Crippen molar-refractivity contribution in [2.45, 2.75) is 110 Å². The van der Waals surface area contributed by atoms with Gasteiger partial charge in [0, 0.05) is 6.92 Å². The van der Waals surface area contributed by atoms with Crippen LogP contribution in [0.1, 0.15) is 104 Å².